The summed E-state index contributed by atoms with van der Waals surface area (Å²) in [6.07, 6.45) is 1.81. The van der Waals surface area contributed by atoms with E-state index < -0.39 is 5.91 Å². The molecule has 1 aromatic heterocycles. The zero-order chi connectivity index (χ0) is 25.6. The number of carbonyl (C=O) groups is 3. The van der Waals surface area contributed by atoms with E-state index in [9.17, 15) is 14.4 Å². The molecule has 10 heteroatoms. The quantitative estimate of drug-likeness (QED) is 0.568. The van der Waals surface area contributed by atoms with Crippen molar-refractivity contribution < 1.29 is 23.9 Å². The van der Waals surface area contributed by atoms with E-state index in [0.717, 1.165) is 17.7 Å². The van der Waals surface area contributed by atoms with Crippen LogP contribution in [-0.4, -0.2) is 54.8 Å². The highest BCUT2D eigenvalue weighted by Gasteiger charge is 2.35. The summed E-state index contributed by atoms with van der Waals surface area (Å²) >= 11 is 0. The van der Waals surface area contributed by atoms with Crippen LogP contribution in [0.2, 0.25) is 0 Å². The van der Waals surface area contributed by atoms with E-state index in [1.54, 1.807) is 28.0 Å². The van der Waals surface area contributed by atoms with Crippen molar-refractivity contribution in [1.82, 2.24) is 9.78 Å². The van der Waals surface area contributed by atoms with Gasteiger partial charge in [-0.25, -0.2) is 4.68 Å². The third-order valence-corrected chi connectivity index (χ3v) is 6.72. The number of primary amides is 1. The Morgan fingerprint density at radius 1 is 0.944 bits per heavy atom. The normalized spacial score (nSPS) is 15.3. The van der Waals surface area contributed by atoms with Crippen LogP contribution in [0.3, 0.4) is 0 Å². The topological polar surface area (TPSA) is 120 Å². The van der Waals surface area contributed by atoms with Crippen molar-refractivity contribution in [3.63, 3.8) is 0 Å². The number of methoxy groups -OCH3 is 2. The molecule has 2 aliphatic rings. The first-order valence-electron chi connectivity index (χ1n) is 11.7. The average Bonchev–Trinajstić information content (AvgIpc) is 3.48. The lowest BCUT2D eigenvalue weighted by molar-refractivity contribution is -0.117. The molecule has 3 heterocycles. The van der Waals surface area contributed by atoms with Crippen LogP contribution in [0, 0.1) is 6.92 Å². The Morgan fingerprint density at radius 3 is 2.33 bits per heavy atom. The van der Waals surface area contributed by atoms with Gasteiger partial charge in [0.05, 0.1) is 19.9 Å². The summed E-state index contributed by atoms with van der Waals surface area (Å²) in [5, 5.41) is 4.42. The number of hydrogen-bond acceptors (Lipinski definition) is 6. The van der Waals surface area contributed by atoms with Crippen LogP contribution in [-0.2, 0) is 11.2 Å². The van der Waals surface area contributed by atoms with Gasteiger partial charge in [0, 0.05) is 42.5 Å². The minimum Gasteiger partial charge on any atom is -0.493 e. The van der Waals surface area contributed by atoms with E-state index in [0.29, 0.717) is 54.4 Å². The van der Waals surface area contributed by atoms with Crippen LogP contribution < -0.4 is 25.0 Å². The Labute approximate surface area is 208 Å². The molecular weight excluding hydrogens is 462 g/mol. The number of anilines is 2. The fraction of sp³-hybridized carbons (Fsp3) is 0.308. The van der Waals surface area contributed by atoms with Gasteiger partial charge in [-0.05, 0) is 55.7 Å². The first-order chi connectivity index (χ1) is 17.3. The lowest BCUT2D eigenvalue weighted by Gasteiger charge is -2.29. The van der Waals surface area contributed by atoms with Crippen LogP contribution in [0.1, 0.15) is 44.9 Å². The van der Waals surface area contributed by atoms with E-state index >= 15 is 0 Å². The lowest BCUT2D eigenvalue weighted by Crippen LogP contribution is -2.39. The second kappa shape index (κ2) is 9.03. The fourth-order valence-electron chi connectivity index (χ4n) is 4.96. The molecule has 0 unspecified atom stereocenters. The standard InChI is InChI=1S/C26H27N5O5/c1-15-13-16(6-8-19(15)30-11-4-5-22(30)32)29-12-10-18-23(25(27)33)28-31(24(18)26(29)34)17-7-9-20(35-2)21(14-17)36-3/h6-9,13-14H,4-5,10-12H2,1-3H3,(H2,27,33). The zero-order valence-electron chi connectivity index (χ0n) is 20.4. The molecule has 3 aromatic rings. The number of aryl methyl sites for hydroxylation is 1. The van der Waals surface area contributed by atoms with Gasteiger partial charge in [0.25, 0.3) is 11.8 Å². The van der Waals surface area contributed by atoms with Crippen molar-refractivity contribution in [1.29, 1.82) is 0 Å². The highest BCUT2D eigenvalue weighted by Crippen LogP contribution is 2.34. The highest BCUT2D eigenvalue weighted by atomic mass is 16.5. The van der Waals surface area contributed by atoms with Gasteiger partial charge < -0.3 is 25.0 Å². The van der Waals surface area contributed by atoms with Crippen LogP contribution in [0.5, 0.6) is 11.5 Å². The lowest BCUT2D eigenvalue weighted by atomic mass is 10.0. The van der Waals surface area contributed by atoms with Crippen molar-refractivity contribution in [3.05, 3.63) is 58.9 Å². The van der Waals surface area contributed by atoms with Crippen molar-refractivity contribution >= 4 is 29.1 Å². The Morgan fingerprint density at radius 2 is 1.69 bits per heavy atom. The minimum absolute atomic E-state index is 0.0758. The molecule has 1 saturated heterocycles. The summed E-state index contributed by atoms with van der Waals surface area (Å²) in [7, 11) is 3.05. The van der Waals surface area contributed by atoms with Gasteiger partial charge >= 0.3 is 0 Å². The molecule has 10 nitrogen and oxygen atoms in total. The first-order valence-corrected chi connectivity index (χ1v) is 11.7. The van der Waals surface area contributed by atoms with Crippen LogP contribution >= 0.6 is 0 Å². The van der Waals surface area contributed by atoms with Crippen molar-refractivity contribution in [3.8, 4) is 17.2 Å². The van der Waals surface area contributed by atoms with Gasteiger partial charge in [0.15, 0.2) is 17.2 Å². The molecule has 186 valence electrons. The molecule has 2 N–H and O–H groups in total. The third-order valence-electron chi connectivity index (χ3n) is 6.72. The van der Waals surface area contributed by atoms with E-state index in [1.807, 2.05) is 25.1 Å². The number of nitrogens with two attached hydrogens (primary N) is 1. The molecule has 0 aliphatic carbocycles. The third kappa shape index (κ3) is 3.74. The van der Waals surface area contributed by atoms with E-state index in [4.69, 9.17) is 15.2 Å². The van der Waals surface area contributed by atoms with Gasteiger partial charge in [-0.1, -0.05) is 0 Å². The number of fused-ring (bicyclic) bond motifs is 1. The van der Waals surface area contributed by atoms with Gasteiger partial charge in [-0.2, -0.15) is 5.10 Å². The SMILES string of the molecule is COc1ccc(-n2nc(C(N)=O)c3c2C(=O)N(c2ccc(N4CCCC4=O)c(C)c2)CC3)cc1OC. The number of aromatic nitrogens is 2. The molecular formula is C26H27N5O5. The number of nitrogens with zero attached hydrogens (tertiary/aromatic N) is 4. The van der Waals surface area contributed by atoms with E-state index in [-0.39, 0.29) is 23.2 Å². The van der Waals surface area contributed by atoms with Gasteiger partial charge in [-0.15, -0.1) is 0 Å². The van der Waals surface area contributed by atoms with E-state index in [2.05, 4.69) is 5.10 Å². The predicted octanol–water partition coefficient (Wildman–Crippen LogP) is 2.63. The van der Waals surface area contributed by atoms with Crippen molar-refractivity contribution in [2.75, 3.05) is 37.1 Å². The summed E-state index contributed by atoms with van der Waals surface area (Å²) in [5.41, 5.74) is 9.50. The maximum atomic E-state index is 13.8. The van der Waals surface area contributed by atoms with Crippen molar-refractivity contribution in [2.45, 2.75) is 26.2 Å². The molecule has 1 fully saturated rings. The average molecular weight is 490 g/mol. The molecule has 0 atom stereocenters. The molecule has 2 aliphatic heterocycles. The maximum absolute atomic E-state index is 13.8. The second-order valence-electron chi connectivity index (χ2n) is 8.82. The molecule has 0 spiro atoms. The molecule has 0 saturated carbocycles. The predicted molar refractivity (Wildman–Crippen MR) is 133 cm³/mol. The molecule has 5 rings (SSSR count). The largest absolute Gasteiger partial charge is 0.493 e. The monoisotopic (exact) mass is 489 g/mol. The van der Waals surface area contributed by atoms with Crippen molar-refractivity contribution in [2.24, 2.45) is 5.73 Å². The second-order valence-corrected chi connectivity index (χ2v) is 8.82. The zero-order valence-corrected chi connectivity index (χ0v) is 20.4. The number of hydrogen-bond donors (Lipinski definition) is 1. The highest BCUT2D eigenvalue weighted by molar-refractivity contribution is 6.09. The summed E-state index contributed by atoms with van der Waals surface area (Å²) in [6, 6.07) is 10.8. The smallest absolute Gasteiger partial charge is 0.277 e. The first kappa shape index (κ1) is 23.4. The Kier molecular flexibility index (Phi) is 5.87. The number of amides is 3. The van der Waals surface area contributed by atoms with Crippen LogP contribution in [0.25, 0.3) is 5.69 Å². The van der Waals surface area contributed by atoms with Crippen LogP contribution in [0.15, 0.2) is 36.4 Å². The Bertz CT molecular complexity index is 1400. The minimum atomic E-state index is -0.692. The summed E-state index contributed by atoms with van der Waals surface area (Å²) in [5.74, 6) is 0.111. The van der Waals surface area contributed by atoms with Crippen LogP contribution in [0.4, 0.5) is 11.4 Å². The molecule has 0 bridgehead atoms. The number of ether oxygens (including phenoxy) is 2. The van der Waals surface area contributed by atoms with Gasteiger partial charge in [0.1, 0.15) is 5.69 Å². The maximum Gasteiger partial charge on any atom is 0.277 e. The number of rotatable bonds is 6. The van der Waals surface area contributed by atoms with Gasteiger partial charge in [0.2, 0.25) is 5.91 Å². The Hall–Kier alpha value is -4.34. The molecule has 2 aromatic carbocycles. The molecule has 0 radical (unpaired) electrons. The number of benzene rings is 2. The van der Waals surface area contributed by atoms with E-state index in [1.165, 1.54) is 18.9 Å². The summed E-state index contributed by atoms with van der Waals surface area (Å²) in [6.45, 7) is 3.00. The summed E-state index contributed by atoms with van der Waals surface area (Å²) in [4.78, 5) is 41.7. The van der Waals surface area contributed by atoms with Gasteiger partial charge in [-0.3, -0.25) is 14.4 Å². The summed E-state index contributed by atoms with van der Waals surface area (Å²) < 4.78 is 12.2. The fourth-order valence-corrected chi connectivity index (χ4v) is 4.96. The number of carbonyl (C=O) groups excluding carboxylic acids is 3. The molecule has 3 amide bonds. The molecule has 36 heavy (non-hydrogen) atoms. The Balaban J connectivity index is 1.56.